The molecule has 2 rings (SSSR count). The maximum absolute atomic E-state index is 10.9. The van der Waals surface area contributed by atoms with Gasteiger partial charge in [-0.1, -0.05) is 29.8 Å². The minimum absolute atomic E-state index is 0.161. The van der Waals surface area contributed by atoms with Crippen LogP contribution in [-0.2, 0) is 6.61 Å². The molecule has 0 fully saturated rings. The van der Waals surface area contributed by atoms with Crippen LogP contribution in [0.2, 0.25) is 0 Å². The number of carboxylic acids is 1. The molecule has 0 saturated carbocycles. The number of carboxylic acid groups (broad SMARTS) is 1. The molecular formula is C15H15NO3. The molecule has 0 saturated heterocycles. The molecule has 0 aliphatic rings. The molecule has 2 aromatic rings. The minimum Gasteiger partial charge on any atom is -0.487 e. The zero-order chi connectivity index (χ0) is 13.8. The Morgan fingerprint density at radius 3 is 2.74 bits per heavy atom. The third-order valence-corrected chi connectivity index (χ3v) is 2.74. The standard InChI is InChI=1S/C15H15NO3/c1-10-3-2-4-11(7-10)9-19-14-8-12(15(17)18)5-6-13(14)16/h2-8H,9,16H2,1H3,(H,17,18). The third kappa shape index (κ3) is 3.25. The molecule has 0 amide bonds. The van der Waals surface area contributed by atoms with E-state index in [-0.39, 0.29) is 5.56 Å². The van der Waals surface area contributed by atoms with Crippen molar-refractivity contribution in [1.82, 2.24) is 0 Å². The maximum atomic E-state index is 10.9. The number of aromatic carboxylic acids is 1. The molecule has 0 aromatic heterocycles. The molecule has 0 heterocycles. The van der Waals surface area contributed by atoms with Gasteiger partial charge >= 0.3 is 5.97 Å². The topological polar surface area (TPSA) is 72.5 Å². The van der Waals surface area contributed by atoms with Crippen molar-refractivity contribution >= 4 is 11.7 Å². The molecule has 2 aromatic carbocycles. The minimum atomic E-state index is -1.000. The quantitative estimate of drug-likeness (QED) is 0.826. The second-order valence-electron chi connectivity index (χ2n) is 4.34. The average molecular weight is 257 g/mol. The summed E-state index contributed by atoms with van der Waals surface area (Å²) in [7, 11) is 0. The fraction of sp³-hybridized carbons (Fsp3) is 0.133. The van der Waals surface area contributed by atoms with Crippen molar-refractivity contribution in [2.75, 3.05) is 5.73 Å². The Labute approximate surface area is 111 Å². The van der Waals surface area contributed by atoms with E-state index < -0.39 is 5.97 Å². The summed E-state index contributed by atoms with van der Waals surface area (Å²) in [5.41, 5.74) is 8.52. The van der Waals surface area contributed by atoms with Crippen LogP contribution in [-0.4, -0.2) is 11.1 Å². The van der Waals surface area contributed by atoms with Crippen molar-refractivity contribution in [1.29, 1.82) is 0 Å². The Kier molecular flexibility index (Phi) is 3.71. The highest BCUT2D eigenvalue weighted by Crippen LogP contribution is 2.24. The molecule has 0 unspecified atom stereocenters. The van der Waals surface area contributed by atoms with Gasteiger partial charge in [0.05, 0.1) is 11.3 Å². The van der Waals surface area contributed by atoms with Crippen LogP contribution in [0.4, 0.5) is 5.69 Å². The van der Waals surface area contributed by atoms with E-state index in [1.54, 1.807) is 0 Å². The lowest BCUT2D eigenvalue weighted by molar-refractivity contribution is 0.0696. The highest BCUT2D eigenvalue weighted by Gasteiger charge is 2.07. The largest absolute Gasteiger partial charge is 0.487 e. The van der Waals surface area contributed by atoms with Gasteiger partial charge in [0.15, 0.2) is 0 Å². The first-order chi connectivity index (χ1) is 9.06. The molecule has 0 aliphatic carbocycles. The lowest BCUT2D eigenvalue weighted by atomic mass is 10.1. The van der Waals surface area contributed by atoms with Crippen LogP contribution in [0.3, 0.4) is 0 Å². The number of nitrogen functional groups attached to an aromatic ring is 1. The predicted octanol–water partition coefficient (Wildman–Crippen LogP) is 2.85. The number of aryl methyl sites for hydroxylation is 1. The van der Waals surface area contributed by atoms with E-state index in [0.717, 1.165) is 11.1 Å². The Hall–Kier alpha value is -2.49. The summed E-state index contributed by atoms with van der Waals surface area (Å²) in [6, 6.07) is 12.3. The van der Waals surface area contributed by atoms with Crippen molar-refractivity contribution in [3.8, 4) is 5.75 Å². The summed E-state index contributed by atoms with van der Waals surface area (Å²) in [5.74, 6) is -0.609. The van der Waals surface area contributed by atoms with Gasteiger partial charge in [0.1, 0.15) is 12.4 Å². The van der Waals surface area contributed by atoms with Crippen LogP contribution < -0.4 is 10.5 Å². The molecule has 3 N–H and O–H groups in total. The van der Waals surface area contributed by atoms with Crippen molar-refractivity contribution in [3.05, 3.63) is 59.2 Å². The molecule has 4 heteroatoms. The van der Waals surface area contributed by atoms with Gasteiger partial charge in [0.2, 0.25) is 0 Å². The highest BCUT2D eigenvalue weighted by atomic mass is 16.5. The van der Waals surface area contributed by atoms with E-state index in [1.165, 1.54) is 18.2 Å². The summed E-state index contributed by atoms with van der Waals surface area (Å²) in [6.07, 6.45) is 0. The number of anilines is 1. The van der Waals surface area contributed by atoms with Gasteiger partial charge < -0.3 is 15.6 Å². The van der Waals surface area contributed by atoms with Gasteiger partial charge in [0.25, 0.3) is 0 Å². The highest BCUT2D eigenvalue weighted by molar-refractivity contribution is 5.89. The van der Waals surface area contributed by atoms with Crippen LogP contribution in [0, 0.1) is 6.92 Å². The average Bonchev–Trinajstić information content (AvgIpc) is 2.37. The molecule has 19 heavy (non-hydrogen) atoms. The lowest BCUT2D eigenvalue weighted by Gasteiger charge is -2.10. The second kappa shape index (κ2) is 5.44. The van der Waals surface area contributed by atoms with Gasteiger partial charge in [-0.3, -0.25) is 0 Å². The maximum Gasteiger partial charge on any atom is 0.335 e. The summed E-state index contributed by atoms with van der Waals surface area (Å²) < 4.78 is 5.58. The molecule has 4 nitrogen and oxygen atoms in total. The molecular weight excluding hydrogens is 242 g/mol. The van der Waals surface area contributed by atoms with E-state index in [1.807, 2.05) is 31.2 Å². The van der Waals surface area contributed by atoms with E-state index in [0.29, 0.717) is 18.0 Å². The number of hydrogen-bond acceptors (Lipinski definition) is 3. The predicted molar refractivity (Wildman–Crippen MR) is 73.3 cm³/mol. The lowest BCUT2D eigenvalue weighted by Crippen LogP contribution is -2.02. The van der Waals surface area contributed by atoms with Crippen LogP contribution in [0.1, 0.15) is 21.5 Å². The molecule has 0 bridgehead atoms. The van der Waals surface area contributed by atoms with Crippen LogP contribution in [0.5, 0.6) is 5.75 Å². The Morgan fingerprint density at radius 2 is 2.05 bits per heavy atom. The van der Waals surface area contributed by atoms with Crippen LogP contribution in [0.25, 0.3) is 0 Å². The van der Waals surface area contributed by atoms with Gasteiger partial charge in [-0.15, -0.1) is 0 Å². The Bertz CT molecular complexity index is 608. The van der Waals surface area contributed by atoms with Crippen molar-refractivity contribution in [2.45, 2.75) is 13.5 Å². The number of benzene rings is 2. The van der Waals surface area contributed by atoms with Crippen LogP contribution in [0.15, 0.2) is 42.5 Å². The van der Waals surface area contributed by atoms with E-state index >= 15 is 0 Å². The fourth-order valence-corrected chi connectivity index (χ4v) is 1.76. The number of carbonyl (C=O) groups is 1. The zero-order valence-electron chi connectivity index (χ0n) is 10.6. The Balaban J connectivity index is 2.15. The van der Waals surface area contributed by atoms with Crippen molar-refractivity contribution < 1.29 is 14.6 Å². The van der Waals surface area contributed by atoms with Crippen LogP contribution >= 0.6 is 0 Å². The monoisotopic (exact) mass is 257 g/mol. The first kappa shape index (κ1) is 13.0. The smallest absolute Gasteiger partial charge is 0.335 e. The van der Waals surface area contributed by atoms with Crippen molar-refractivity contribution in [3.63, 3.8) is 0 Å². The molecule has 0 aliphatic heterocycles. The third-order valence-electron chi connectivity index (χ3n) is 2.74. The summed E-state index contributed by atoms with van der Waals surface area (Å²) in [4.78, 5) is 10.9. The second-order valence-corrected chi connectivity index (χ2v) is 4.34. The van der Waals surface area contributed by atoms with Gasteiger partial charge in [-0.25, -0.2) is 4.79 Å². The van der Waals surface area contributed by atoms with Gasteiger partial charge in [0, 0.05) is 0 Å². The first-order valence-electron chi connectivity index (χ1n) is 5.87. The number of ether oxygens (including phenoxy) is 1. The van der Waals surface area contributed by atoms with Gasteiger partial charge in [-0.2, -0.15) is 0 Å². The van der Waals surface area contributed by atoms with Gasteiger partial charge in [-0.05, 0) is 30.7 Å². The number of nitrogens with two attached hydrogens (primary N) is 1. The van der Waals surface area contributed by atoms with E-state index in [2.05, 4.69) is 0 Å². The molecule has 0 spiro atoms. The van der Waals surface area contributed by atoms with E-state index in [4.69, 9.17) is 15.6 Å². The summed E-state index contributed by atoms with van der Waals surface area (Å²) in [5, 5.41) is 8.93. The first-order valence-corrected chi connectivity index (χ1v) is 5.87. The number of hydrogen-bond donors (Lipinski definition) is 2. The zero-order valence-corrected chi connectivity index (χ0v) is 10.6. The Morgan fingerprint density at radius 1 is 1.26 bits per heavy atom. The normalized spacial score (nSPS) is 10.2. The summed E-state index contributed by atoms with van der Waals surface area (Å²) >= 11 is 0. The fourth-order valence-electron chi connectivity index (χ4n) is 1.76. The molecule has 0 radical (unpaired) electrons. The molecule has 0 atom stereocenters. The SMILES string of the molecule is Cc1cccc(COc2cc(C(=O)O)ccc2N)c1. The molecule has 98 valence electrons. The number of rotatable bonds is 4. The summed E-state index contributed by atoms with van der Waals surface area (Å²) in [6.45, 7) is 2.36. The van der Waals surface area contributed by atoms with Crippen molar-refractivity contribution in [2.24, 2.45) is 0 Å². The van der Waals surface area contributed by atoms with E-state index in [9.17, 15) is 4.79 Å².